The lowest BCUT2D eigenvalue weighted by atomic mass is 9.67. The van der Waals surface area contributed by atoms with Gasteiger partial charge in [0, 0.05) is 42.9 Å². The van der Waals surface area contributed by atoms with Gasteiger partial charge >= 0.3 is 0 Å². The second-order valence-electron chi connectivity index (χ2n) is 13.6. The average Bonchev–Trinajstić information content (AvgIpc) is 3.57. The number of fused-ring (bicyclic) bond motifs is 3. The van der Waals surface area contributed by atoms with E-state index in [0.29, 0.717) is 53.5 Å². The van der Waals surface area contributed by atoms with Crippen molar-refractivity contribution >= 4 is 17.7 Å². The van der Waals surface area contributed by atoms with Gasteiger partial charge in [-0.15, -0.1) is 0 Å². The quantitative estimate of drug-likeness (QED) is 0.211. The van der Waals surface area contributed by atoms with E-state index in [2.05, 4.69) is 32.2 Å². The van der Waals surface area contributed by atoms with Gasteiger partial charge in [-0.25, -0.2) is 9.37 Å². The first-order valence-corrected chi connectivity index (χ1v) is 17.0. The standard InChI is InChI=1S/C38H39FN8O3/c1-21(43-20-33(48)47-29(19-40)16-27-17-32(27)47)18-38(37-44-34(45-46-37)22-6-10-28(39)11-7-22)30-12-8-25(35(49)41-2)14-23(30)4-5-24-15-26(36(50)42-3)9-13-31(24)38/h6-15,21,27,29,32,43H,4-5,16-18,20H2,1-3H3,(H,41,49)(H,42,50)(H,44,45,46)/t21-,27-,29?,32+/m1/s1. The van der Waals surface area contributed by atoms with Gasteiger partial charge in [-0.3, -0.25) is 19.5 Å². The number of likely N-dealkylation sites (tertiary alicyclic amines) is 1. The number of hydrogen-bond acceptors (Lipinski definition) is 7. The van der Waals surface area contributed by atoms with Crippen molar-refractivity contribution in [3.05, 3.63) is 106 Å². The molecule has 12 heteroatoms. The third kappa shape index (κ3) is 5.81. The average molecular weight is 675 g/mol. The van der Waals surface area contributed by atoms with Crippen molar-refractivity contribution < 1.29 is 18.8 Å². The van der Waals surface area contributed by atoms with Crippen LogP contribution in [0.4, 0.5) is 4.39 Å². The molecular weight excluding hydrogens is 635 g/mol. The van der Waals surface area contributed by atoms with Gasteiger partial charge in [-0.2, -0.15) is 10.4 Å². The zero-order valence-corrected chi connectivity index (χ0v) is 28.2. The number of hydrogen-bond donors (Lipinski definition) is 4. The molecule has 1 saturated heterocycles. The minimum Gasteiger partial charge on any atom is -0.355 e. The summed E-state index contributed by atoms with van der Waals surface area (Å²) in [6, 6.07) is 19.1. The summed E-state index contributed by atoms with van der Waals surface area (Å²) in [6.45, 7) is 2.08. The molecule has 2 aliphatic carbocycles. The van der Waals surface area contributed by atoms with Crippen molar-refractivity contribution in [3.63, 3.8) is 0 Å². The molecule has 1 aliphatic heterocycles. The number of aryl methyl sites for hydroxylation is 2. The number of amides is 3. The van der Waals surface area contributed by atoms with Crippen LogP contribution in [0.5, 0.6) is 0 Å². The molecule has 3 aromatic carbocycles. The van der Waals surface area contributed by atoms with E-state index in [4.69, 9.17) is 4.98 Å². The van der Waals surface area contributed by atoms with Crippen LogP contribution < -0.4 is 16.0 Å². The maximum Gasteiger partial charge on any atom is 0.251 e. The molecule has 1 aromatic heterocycles. The zero-order valence-electron chi connectivity index (χ0n) is 28.2. The highest BCUT2D eigenvalue weighted by Crippen LogP contribution is 2.49. The minimum atomic E-state index is -0.977. The second-order valence-corrected chi connectivity index (χ2v) is 13.6. The number of aromatic nitrogens is 3. The van der Waals surface area contributed by atoms with Crippen molar-refractivity contribution in [1.29, 1.82) is 5.26 Å². The van der Waals surface area contributed by atoms with E-state index >= 15 is 0 Å². The molecule has 0 spiro atoms. The Morgan fingerprint density at radius 3 is 2.18 bits per heavy atom. The van der Waals surface area contributed by atoms with E-state index in [1.54, 1.807) is 43.3 Å². The van der Waals surface area contributed by atoms with Gasteiger partial charge in [-0.05, 0) is 116 Å². The van der Waals surface area contributed by atoms with Gasteiger partial charge in [0.1, 0.15) is 17.7 Å². The van der Waals surface area contributed by atoms with E-state index in [1.165, 1.54) is 12.1 Å². The number of carbonyl (C=O) groups is 3. The topological polar surface area (TPSA) is 156 Å². The third-order valence-electron chi connectivity index (χ3n) is 10.5. The molecule has 256 valence electrons. The van der Waals surface area contributed by atoms with Crippen molar-refractivity contribution in [2.75, 3.05) is 20.6 Å². The summed E-state index contributed by atoms with van der Waals surface area (Å²) in [5, 5.41) is 26.4. The highest BCUT2D eigenvalue weighted by molar-refractivity contribution is 5.95. The van der Waals surface area contributed by atoms with Crippen LogP contribution in [0.1, 0.15) is 75.0 Å². The molecular formula is C38H39FN8O3. The monoisotopic (exact) mass is 674 g/mol. The van der Waals surface area contributed by atoms with Gasteiger partial charge < -0.3 is 20.9 Å². The first-order chi connectivity index (χ1) is 24.2. The smallest absolute Gasteiger partial charge is 0.251 e. The highest BCUT2D eigenvalue weighted by Gasteiger charge is 2.54. The fourth-order valence-corrected chi connectivity index (χ4v) is 7.99. The van der Waals surface area contributed by atoms with Crippen LogP contribution in [-0.2, 0) is 23.1 Å². The van der Waals surface area contributed by atoms with Gasteiger partial charge in [-0.1, -0.05) is 12.1 Å². The van der Waals surface area contributed by atoms with Crippen LogP contribution in [0.2, 0.25) is 0 Å². The Morgan fingerprint density at radius 1 is 0.980 bits per heavy atom. The summed E-state index contributed by atoms with van der Waals surface area (Å²) < 4.78 is 13.8. The number of piperidine rings is 1. The maximum absolute atomic E-state index is 13.8. The molecule has 11 nitrogen and oxygen atoms in total. The molecule has 2 heterocycles. The molecule has 2 fully saturated rings. The lowest BCUT2D eigenvalue weighted by Gasteiger charge is -2.37. The van der Waals surface area contributed by atoms with Crippen LogP contribution in [0, 0.1) is 23.1 Å². The van der Waals surface area contributed by atoms with E-state index in [-0.39, 0.29) is 42.2 Å². The Bertz CT molecular complexity index is 1950. The molecule has 50 heavy (non-hydrogen) atoms. The van der Waals surface area contributed by atoms with Gasteiger partial charge in [0.2, 0.25) is 5.91 Å². The maximum atomic E-state index is 13.8. The van der Waals surface area contributed by atoms with Gasteiger partial charge in [0.15, 0.2) is 5.82 Å². The number of carbonyl (C=O) groups excluding carboxylic acids is 3. The van der Waals surface area contributed by atoms with Crippen LogP contribution in [0.15, 0.2) is 60.7 Å². The number of benzene rings is 3. The summed E-state index contributed by atoms with van der Waals surface area (Å²) in [4.78, 5) is 45.9. The second kappa shape index (κ2) is 13.1. The Hall–Kier alpha value is -5.41. The lowest BCUT2D eigenvalue weighted by molar-refractivity contribution is -0.131. The van der Waals surface area contributed by atoms with E-state index in [0.717, 1.165) is 35.1 Å². The summed E-state index contributed by atoms with van der Waals surface area (Å²) in [7, 11) is 3.19. The molecule has 1 saturated carbocycles. The van der Waals surface area contributed by atoms with Crippen LogP contribution in [-0.4, -0.2) is 76.6 Å². The van der Waals surface area contributed by atoms with Gasteiger partial charge in [0.25, 0.3) is 11.8 Å². The molecule has 0 radical (unpaired) electrons. The van der Waals surface area contributed by atoms with Crippen molar-refractivity contribution in [2.45, 2.75) is 62.6 Å². The first kappa shape index (κ1) is 33.1. The summed E-state index contributed by atoms with van der Waals surface area (Å²) in [5.41, 5.74) is 4.43. The summed E-state index contributed by atoms with van der Waals surface area (Å²) in [5.74, 6) is 0.479. The number of nitriles is 1. The molecule has 4 aromatic rings. The predicted molar refractivity (Wildman–Crippen MR) is 184 cm³/mol. The highest BCUT2D eigenvalue weighted by atomic mass is 19.1. The number of aromatic amines is 1. The van der Waals surface area contributed by atoms with Crippen molar-refractivity contribution in [2.24, 2.45) is 5.92 Å². The minimum absolute atomic E-state index is 0.0703. The van der Waals surface area contributed by atoms with E-state index < -0.39 is 11.5 Å². The normalized spacial score (nSPS) is 20.4. The number of H-pyrrole nitrogens is 1. The summed E-state index contributed by atoms with van der Waals surface area (Å²) in [6.07, 6.45) is 3.30. The number of nitrogens with one attached hydrogen (secondary N) is 4. The number of nitrogens with zero attached hydrogens (tertiary/aromatic N) is 4. The SMILES string of the molecule is CNC(=O)c1ccc2c(c1)CCc1cc(C(=O)NC)ccc1C2(C[C@@H](C)NCC(=O)N1C(C#N)C[C@@H]2C[C@@H]21)c1nc(-c2ccc(F)cc2)n[nH]1. The number of halogens is 1. The Kier molecular flexibility index (Phi) is 8.70. The predicted octanol–water partition coefficient (Wildman–Crippen LogP) is 3.64. The molecule has 1 unspecified atom stereocenters. The Balaban J connectivity index is 1.35. The van der Waals surface area contributed by atoms with Crippen LogP contribution in [0.3, 0.4) is 0 Å². The van der Waals surface area contributed by atoms with Crippen molar-refractivity contribution in [1.82, 2.24) is 36.0 Å². The first-order valence-electron chi connectivity index (χ1n) is 17.0. The third-order valence-corrected chi connectivity index (χ3v) is 10.5. The Morgan fingerprint density at radius 2 is 1.60 bits per heavy atom. The van der Waals surface area contributed by atoms with Gasteiger partial charge in [0.05, 0.1) is 18.0 Å². The van der Waals surface area contributed by atoms with Crippen molar-refractivity contribution in [3.8, 4) is 17.5 Å². The zero-order chi connectivity index (χ0) is 35.2. The van der Waals surface area contributed by atoms with E-state index in [1.807, 2.05) is 31.2 Å². The molecule has 4 atom stereocenters. The molecule has 4 N–H and O–H groups in total. The van der Waals surface area contributed by atoms with E-state index in [9.17, 15) is 24.0 Å². The lowest BCUT2D eigenvalue weighted by Crippen LogP contribution is -2.46. The fraction of sp³-hybridized carbons (Fsp3) is 0.368. The largest absolute Gasteiger partial charge is 0.355 e. The summed E-state index contributed by atoms with van der Waals surface area (Å²) >= 11 is 0. The van der Waals surface area contributed by atoms with Crippen LogP contribution in [0.25, 0.3) is 11.4 Å². The molecule has 3 aliphatic rings. The number of rotatable bonds is 9. The Labute approximate surface area is 289 Å². The fourth-order valence-electron chi connectivity index (χ4n) is 7.99. The van der Waals surface area contributed by atoms with Crippen LogP contribution >= 0.6 is 0 Å². The molecule has 0 bridgehead atoms. The molecule has 3 amide bonds. The molecule has 7 rings (SSSR count).